The topological polar surface area (TPSA) is 22.1 Å². The molecule has 0 fully saturated rings. The van der Waals surface area contributed by atoms with Gasteiger partial charge in [0.25, 0.3) is 0 Å². The summed E-state index contributed by atoms with van der Waals surface area (Å²) in [5.41, 5.74) is 2.37. The minimum Gasteiger partial charge on any atom is -0.491 e. The Bertz CT molecular complexity index is 283. The van der Waals surface area contributed by atoms with Gasteiger partial charge in [0.2, 0.25) is 0 Å². The van der Waals surface area contributed by atoms with Crippen LogP contribution in [0.2, 0.25) is 0 Å². The van der Waals surface area contributed by atoms with Crippen LogP contribution in [0.4, 0.5) is 0 Å². The summed E-state index contributed by atoms with van der Waals surface area (Å²) in [6.45, 7) is 4.98. The van der Waals surface area contributed by atoms with Crippen LogP contribution in [0.15, 0.2) is 12.3 Å². The molecular formula is C9H11NO. The zero-order valence-electron chi connectivity index (χ0n) is 6.79. The highest BCUT2D eigenvalue weighted by atomic mass is 16.5. The van der Waals surface area contributed by atoms with Crippen molar-refractivity contribution in [2.24, 2.45) is 0 Å². The molecule has 2 heteroatoms. The van der Waals surface area contributed by atoms with Crippen molar-refractivity contribution in [3.8, 4) is 5.75 Å². The third-order valence-corrected chi connectivity index (χ3v) is 2.05. The highest BCUT2D eigenvalue weighted by molar-refractivity contribution is 5.38. The van der Waals surface area contributed by atoms with Crippen LogP contribution < -0.4 is 4.74 Å². The minimum absolute atomic E-state index is 0.534. The second-order valence-corrected chi connectivity index (χ2v) is 3.08. The fourth-order valence-corrected chi connectivity index (χ4v) is 1.38. The highest BCUT2D eigenvalue weighted by Gasteiger charge is 2.19. The molecule has 0 radical (unpaired) electrons. The molecule has 2 rings (SSSR count). The highest BCUT2D eigenvalue weighted by Crippen LogP contribution is 2.32. The molecule has 1 unspecified atom stereocenters. The fourth-order valence-electron chi connectivity index (χ4n) is 1.38. The molecule has 1 aromatic heterocycles. The summed E-state index contributed by atoms with van der Waals surface area (Å²) in [5, 5.41) is 0. The van der Waals surface area contributed by atoms with E-state index >= 15 is 0 Å². The van der Waals surface area contributed by atoms with Crippen LogP contribution in [-0.2, 0) is 0 Å². The van der Waals surface area contributed by atoms with Crippen LogP contribution in [0.5, 0.6) is 5.75 Å². The molecule has 1 aromatic rings. The van der Waals surface area contributed by atoms with Gasteiger partial charge in [0.15, 0.2) is 0 Å². The van der Waals surface area contributed by atoms with Crippen LogP contribution in [0.25, 0.3) is 0 Å². The smallest absolute Gasteiger partial charge is 0.141 e. The van der Waals surface area contributed by atoms with Gasteiger partial charge >= 0.3 is 0 Å². The Kier molecular flexibility index (Phi) is 1.34. The lowest BCUT2D eigenvalue weighted by molar-refractivity contribution is 0.336. The molecule has 0 spiro atoms. The largest absolute Gasteiger partial charge is 0.491 e. The fraction of sp³-hybridized carbons (Fsp3) is 0.444. The molecule has 0 aliphatic carbocycles. The van der Waals surface area contributed by atoms with Crippen molar-refractivity contribution in [3.63, 3.8) is 0 Å². The summed E-state index contributed by atoms with van der Waals surface area (Å²) in [6, 6.07) is 2.10. The van der Waals surface area contributed by atoms with E-state index < -0.39 is 0 Å². The van der Waals surface area contributed by atoms with E-state index in [0.29, 0.717) is 5.92 Å². The van der Waals surface area contributed by atoms with Gasteiger partial charge in [0.05, 0.1) is 12.8 Å². The van der Waals surface area contributed by atoms with E-state index in [4.69, 9.17) is 4.74 Å². The number of rotatable bonds is 0. The van der Waals surface area contributed by atoms with Crippen molar-refractivity contribution >= 4 is 0 Å². The molecule has 1 aliphatic rings. The Morgan fingerprint density at radius 1 is 1.64 bits per heavy atom. The van der Waals surface area contributed by atoms with E-state index in [1.54, 1.807) is 0 Å². The third kappa shape index (κ3) is 0.985. The van der Waals surface area contributed by atoms with E-state index in [-0.39, 0.29) is 0 Å². The van der Waals surface area contributed by atoms with Gasteiger partial charge in [-0.2, -0.15) is 0 Å². The van der Waals surface area contributed by atoms with E-state index in [1.165, 1.54) is 5.56 Å². The summed E-state index contributed by atoms with van der Waals surface area (Å²) in [5.74, 6) is 1.50. The van der Waals surface area contributed by atoms with Gasteiger partial charge in [0, 0.05) is 17.2 Å². The van der Waals surface area contributed by atoms with Gasteiger partial charge in [-0.15, -0.1) is 0 Å². The molecule has 0 amide bonds. The van der Waals surface area contributed by atoms with Crippen LogP contribution in [0, 0.1) is 6.92 Å². The van der Waals surface area contributed by atoms with Crippen LogP contribution in [0.1, 0.15) is 24.1 Å². The van der Waals surface area contributed by atoms with Crippen LogP contribution >= 0.6 is 0 Å². The second kappa shape index (κ2) is 2.22. The monoisotopic (exact) mass is 149 g/mol. The predicted molar refractivity (Wildman–Crippen MR) is 42.9 cm³/mol. The number of aryl methyl sites for hydroxylation is 1. The van der Waals surface area contributed by atoms with Gasteiger partial charge in [-0.3, -0.25) is 4.98 Å². The first-order valence-electron chi connectivity index (χ1n) is 3.86. The maximum absolute atomic E-state index is 5.40. The van der Waals surface area contributed by atoms with Crippen LogP contribution in [-0.4, -0.2) is 11.6 Å². The normalized spacial score (nSPS) is 21.1. The Balaban J connectivity index is 2.52. The van der Waals surface area contributed by atoms with E-state index in [1.807, 2.05) is 13.1 Å². The number of hydrogen-bond acceptors (Lipinski definition) is 2. The number of fused-ring (bicyclic) bond motifs is 1. The molecule has 2 nitrogen and oxygen atoms in total. The summed E-state index contributed by atoms with van der Waals surface area (Å²) in [6.07, 6.45) is 1.81. The van der Waals surface area contributed by atoms with Crippen molar-refractivity contribution in [3.05, 3.63) is 23.5 Å². The number of aromatic nitrogens is 1. The van der Waals surface area contributed by atoms with Crippen molar-refractivity contribution < 1.29 is 4.74 Å². The zero-order valence-corrected chi connectivity index (χ0v) is 6.79. The first-order valence-corrected chi connectivity index (χ1v) is 3.86. The van der Waals surface area contributed by atoms with Crippen LogP contribution in [0.3, 0.4) is 0 Å². The average molecular weight is 149 g/mol. The molecule has 0 N–H and O–H groups in total. The van der Waals surface area contributed by atoms with E-state index in [0.717, 1.165) is 18.1 Å². The molecule has 0 saturated carbocycles. The Morgan fingerprint density at radius 3 is 3.27 bits per heavy atom. The molecule has 11 heavy (non-hydrogen) atoms. The molecule has 1 aliphatic heterocycles. The third-order valence-electron chi connectivity index (χ3n) is 2.05. The molecule has 1 atom stereocenters. The van der Waals surface area contributed by atoms with Crippen molar-refractivity contribution in [2.75, 3.05) is 6.61 Å². The second-order valence-electron chi connectivity index (χ2n) is 3.08. The summed E-state index contributed by atoms with van der Waals surface area (Å²) in [4.78, 5) is 4.16. The van der Waals surface area contributed by atoms with Crippen molar-refractivity contribution in [2.45, 2.75) is 19.8 Å². The molecule has 2 heterocycles. The van der Waals surface area contributed by atoms with Gasteiger partial charge in [-0.05, 0) is 13.0 Å². The zero-order chi connectivity index (χ0) is 7.84. The minimum atomic E-state index is 0.534. The van der Waals surface area contributed by atoms with Crippen molar-refractivity contribution in [1.29, 1.82) is 0 Å². The molecule has 58 valence electrons. The maximum atomic E-state index is 5.40. The van der Waals surface area contributed by atoms with Gasteiger partial charge in [-0.1, -0.05) is 6.92 Å². The SMILES string of the molecule is Cc1cc2c(cn1)OCC2C. The van der Waals surface area contributed by atoms with Gasteiger partial charge in [-0.25, -0.2) is 0 Å². The first-order chi connectivity index (χ1) is 5.27. The lowest BCUT2D eigenvalue weighted by Gasteiger charge is -1.99. The molecule has 0 aromatic carbocycles. The Morgan fingerprint density at radius 2 is 2.45 bits per heavy atom. The first kappa shape index (κ1) is 6.65. The van der Waals surface area contributed by atoms with Gasteiger partial charge in [0.1, 0.15) is 5.75 Å². The predicted octanol–water partition coefficient (Wildman–Crippen LogP) is 1.89. The summed E-state index contributed by atoms with van der Waals surface area (Å²) < 4.78 is 5.40. The average Bonchev–Trinajstić information content (AvgIpc) is 2.33. The van der Waals surface area contributed by atoms with Gasteiger partial charge < -0.3 is 4.74 Å². The number of pyridine rings is 1. The van der Waals surface area contributed by atoms with Crippen molar-refractivity contribution in [1.82, 2.24) is 4.98 Å². The maximum Gasteiger partial charge on any atom is 0.141 e. The lowest BCUT2D eigenvalue weighted by atomic mass is 10.0. The summed E-state index contributed by atoms with van der Waals surface area (Å²) >= 11 is 0. The molecule has 0 bridgehead atoms. The Labute approximate surface area is 66.2 Å². The quantitative estimate of drug-likeness (QED) is 0.562. The standard InChI is InChI=1S/C9H11NO/c1-6-5-11-9-4-10-7(2)3-8(6)9/h3-4,6H,5H2,1-2H3. The Hall–Kier alpha value is -1.05. The van der Waals surface area contributed by atoms with E-state index in [2.05, 4.69) is 18.0 Å². The lowest BCUT2D eigenvalue weighted by Crippen LogP contribution is -1.93. The number of hydrogen-bond donors (Lipinski definition) is 0. The number of ether oxygens (including phenoxy) is 1. The summed E-state index contributed by atoms with van der Waals surface area (Å²) in [7, 11) is 0. The van der Waals surface area contributed by atoms with E-state index in [9.17, 15) is 0 Å². The molecule has 0 saturated heterocycles. The number of nitrogens with zero attached hydrogens (tertiary/aromatic N) is 1. The molecular weight excluding hydrogens is 138 g/mol.